The van der Waals surface area contributed by atoms with Crippen LogP contribution in [0.25, 0.3) is 5.82 Å². The number of hydrogen-bond acceptors (Lipinski definition) is 4. The summed E-state index contributed by atoms with van der Waals surface area (Å²) in [6.07, 6.45) is -3.56. The number of nitriles is 1. The first-order chi connectivity index (χ1) is 9.32. The van der Waals surface area contributed by atoms with Crippen LogP contribution in [0.2, 0.25) is 0 Å². The molecule has 1 N–H and O–H groups in total. The summed E-state index contributed by atoms with van der Waals surface area (Å²) in [5.74, 6) is -1.72. The number of carboxylic acids is 1. The molecule has 102 valence electrons. The molecule has 6 nitrogen and oxygen atoms in total. The SMILES string of the molecule is N#Cc1ccc(C(F)(F)F)nc1-n1ccc(C(=O)O)n1. The molecule has 0 unspecified atom stereocenters. The van der Waals surface area contributed by atoms with E-state index in [1.165, 1.54) is 0 Å². The van der Waals surface area contributed by atoms with E-state index in [-0.39, 0.29) is 17.1 Å². The highest BCUT2D eigenvalue weighted by Gasteiger charge is 2.33. The zero-order chi connectivity index (χ0) is 14.9. The molecule has 0 amide bonds. The van der Waals surface area contributed by atoms with Crippen LogP contribution in [0.4, 0.5) is 13.2 Å². The first-order valence-electron chi connectivity index (χ1n) is 5.10. The molecule has 2 aromatic heterocycles. The van der Waals surface area contributed by atoms with E-state index in [1.807, 2.05) is 0 Å². The van der Waals surface area contributed by atoms with Gasteiger partial charge in [-0.25, -0.2) is 14.5 Å². The van der Waals surface area contributed by atoms with Crippen molar-refractivity contribution in [3.63, 3.8) is 0 Å². The molecule has 2 aromatic rings. The molecule has 0 saturated heterocycles. The fourth-order valence-electron chi connectivity index (χ4n) is 1.42. The lowest BCUT2D eigenvalue weighted by atomic mass is 10.2. The number of pyridine rings is 1. The third-order valence-corrected chi connectivity index (χ3v) is 2.31. The van der Waals surface area contributed by atoms with E-state index < -0.39 is 17.8 Å². The Morgan fingerprint density at radius 2 is 2.05 bits per heavy atom. The van der Waals surface area contributed by atoms with Gasteiger partial charge in [0, 0.05) is 6.20 Å². The Kier molecular flexibility index (Phi) is 3.15. The molecule has 0 aliphatic rings. The maximum absolute atomic E-state index is 12.6. The van der Waals surface area contributed by atoms with Crippen molar-refractivity contribution in [3.8, 4) is 11.9 Å². The minimum Gasteiger partial charge on any atom is -0.476 e. The number of aromatic carboxylic acids is 1. The summed E-state index contributed by atoms with van der Waals surface area (Å²) in [6, 6.07) is 4.38. The van der Waals surface area contributed by atoms with E-state index in [9.17, 15) is 18.0 Å². The van der Waals surface area contributed by atoms with Gasteiger partial charge in [-0.3, -0.25) is 0 Å². The molecule has 0 spiro atoms. The molecule has 0 bridgehead atoms. The summed E-state index contributed by atoms with van der Waals surface area (Å²) in [7, 11) is 0. The van der Waals surface area contributed by atoms with Crippen LogP contribution in [0.15, 0.2) is 24.4 Å². The van der Waals surface area contributed by atoms with Gasteiger partial charge in [-0.2, -0.15) is 23.5 Å². The number of carboxylic acid groups (broad SMARTS) is 1. The molecule has 0 radical (unpaired) electrons. The van der Waals surface area contributed by atoms with Crippen molar-refractivity contribution in [2.75, 3.05) is 0 Å². The van der Waals surface area contributed by atoms with E-state index >= 15 is 0 Å². The van der Waals surface area contributed by atoms with Gasteiger partial charge in [0.25, 0.3) is 0 Å². The van der Waals surface area contributed by atoms with Gasteiger partial charge in [0.1, 0.15) is 11.8 Å². The Morgan fingerprint density at radius 3 is 2.55 bits per heavy atom. The van der Waals surface area contributed by atoms with Crippen molar-refractivity contribution in [1.29, 1.82) is 5.26 Å². The minimum atomic E-state index is -4.68. The normalized spacial score (nSPS) is 11.1. The molecule has 2 rings (SSSR count). The Hall–Kier alpha value is -2.89. The van der Waals surface area contributed by atoms with Crippen molar-refractivity contribution in [3.05, 3.63) is 41.3 Å². The molecular formula is C11H5F3N4O2. The summed E-state index contributed by atoms with van der Waals surface area (Å²) in [4.78, 5) is 14.0. The van der Waals surface area contributed by atoms with E-state index in [4.69, 9.17) is 10.4 Å². The standard InChI is InChI=1S/C11H5F3N4O2/c12-11(13,14)8-2-1-6(5-15)9(16-8)18-4-3-7(17-18)10(19)20/h1-4H,(H,19,20). The van der Waals surface area contributed by atoms with Crippen LogP contribution in [0.5, 0.6) is 0 Å². The summed E-state index contributed by atoms with van der Waals surface area (Å²) >= 11 is 0. The third kappa shape index (κ3) is 2.44. The largest absolute Gasteiger partial charge is 0.476 e. The van der Waals surface area contributed by atoms with Crippen molar-refractivity contribution in [2.24, 2.45) is 0 Å². The summed E-state index contributed by atoms with van der Waals surface area (Å²) in [6.45, 7) is 0. The van der Waals surface area contributed by atoms with Gasteiger partial charge in [0.05, 0.1) is 5.56 Å². The lowest BCUT2D eigenvalue weighted by Gasteiger charge is -2.08. The lowest BCUT2D eigenvalue weighted by Crippen LogP contribution is -2.12. The van der Waals surface area contributed by atoms with Crippen LogP contribution in [0.3, 0.4) is 0 Å². The van der Waals surface area contributed by atoms with Crippen molar-refractivity contribution >= 4 is 5.97 Å². The number of hydrogen-bond donors (Lipinski definition) is 1. The highest BCUT2D eigenvalue weighted by molar-refractivity contribution is 5.85. The van der Waals surface area contributed by atoms with Gasteiger partial charge >= 0.3 is 12.1 Å². The molecule has 9 heteroatoms. The molecule has 0 aliphatic carbocycles. The van der Waals surface area contributed by atoms with Crippen LogP contribution in [0, 0.1) is 11.3 Å². The van der Waals surface area contributed by atoms with E-state index in [0.717, 1.165) is 23.0 Å². The molecular weight excluding hydrogens is 277 g/mol. The lowest BCUT2D eigenvalue weighted by molar-refractivity contribution is -0.141. The summed E-state index contributed by atoms with van der Waals surface area (Å²) in [5.41, 5.74) is -1.72. The van der Waals surface area contributed by atoms with Gasteiger partial charge in [0.2, 0.25) is 0 Å². The molecule has 0 fully saturated rings. The molecule has 20 heavy (non-hydrogen) atoms. The highest BCUT2D eigenvalue weighted by atomic mass is 19.4. The Balaban J connectivity index is 2.59. The number of rotatable bonds is 2. The average Bonchev–Trinajstić information content (AvgIpc) is 2.86. The predicted octanol–water partition coefficient (Wildman–Crippen LogP) is 1.86. The van der Waals surface area contributed by atoms with Crippen molar-refractivity contribution < 1.29 is 23.1 Å². The quantitative estimate of drug-likeness (QED) is 0.907. The van der Waals surface area contributed by atoms with Gasteiger partial charge < -0.3 is 5.11 Å². The molecule has 0 aliphatic heterocycles. The Bertz CT molecular complexity index is 715. The van der Waals surface area contributed by atoms with Crippen molar-refractivity contribution in [2.45, 2.75) is 6.18 Å². The van der Waals surface area contributed by atoms with Gasteiger partial charge in [0.15, 0.2) is 11.5 Å². The monoisotopic (exact) mass is 282 g/mol. The van der Waals surface area contributed by atoms with Gasteiger partial charge in [-0.1, -0.05) is 0 Å². The molecule has 2 heterocycles. The second-order valence-electron chi connectivity index (χ2n) is 3.63. The smallest absolute Gasteiger partial charge is 0.433 e. The first kappa shape index (κ1) is 13.5. The summed E-state index contributed by atoms with van der Waals surface area (Å²) in [5, 5.41) is 21.1. The molecule has 0 atom stereocenters. The Labute approximate surface area is 109 Å². The van der Waals surface area contributed by atoms with E-state index in [0.29, 0.717) is 6.07 Å². The van der Waals surface area contributed by atoms with Gasteiger partial charge in [-0.05, 0) is 18.2 Å². The second kappa shape index (κ2) is 4.65. The average molecular weight is 282 g/mol. The number of carbonyl (C=O) groups is 1. The van der Waals surface area contributed by atoms with Crippen LogP contribution < -0.4 is 0 Å². The number of halogens is 3. The second-order valence-corrected chi connectivity index (χ2v) is 3.63. The maximum atomic E-state index is 12.6. The fourth-order valence-corrected chi connectivity index (χ4v) is 1.42. The first-order valence-corrected chi connectivity index (χ1v) is 5.10. The minimum absolute atomic E-state index is 0.155. The zero-order valence-electron chi connectivity index (χ0n) is 9.59. The van der Waals surface area contributed by atoms with E-state index in [1.54, 1.807) is 6.07 Å². The van der Waals surface area contributed by atoms with E-state index in [2.05, 4.69) is 10.1 Å². The van der Waals surface area contributed by atoms with Crippen LogP contribution in [-0.4, -0.2) is 25.8 Å². The highest BCUT2D eigenvalue weighted by Crippen LogP contribution is 2.28. The molecule has 0 aromatic carbocycles. The summed E-state index contributed by atoms with van der Waals surface area (Å²) < 4.78 is 38.6. The van der Waals surface area contributed by atoms with Crippen molar-refractivity contribution in [1.82, 2.24) is 14.8 Å². The van der Waals surface area contributed by atoms with Crippen LogP contribution in [0.1, 0.15) is 21.7 Å². The van der Waals surface area contributed by atoms with Crippen LogP contribution >= 0.6 is 0 Å². The number of nitrogens with zero attached hydrogens (tertiary/aromatic N) is 4. The van der Waals surface area contributed by atoms with Crippen LogP contribution in [-0.2, 0) is 6.18 Å². The number of alkyl halides is 3. The Morgan fingerprint density at radius 1 is 1.35 bits per heavy atom. The molecule has 0 saturated carbocycles. The third-order valence-electron chi connectivity index (χ3n) is 2.31. The fraction of sp³-hybridized carbons (Fsp3) is 0.0909. The zero-order valence-corrected chi connectivity index (χ0v) is 9.59. The topological polar surface area (TPSA) is 91.8 Å². The predicted molar refractivity (Wildman–Crippen MR) is 58.0 cm³/mol. The maximum Gasteiger partial charge on any atom is 0.433 e. The van der Waals surface area contributed by atoms with Gasteiger partial charge in [-0.15, -0.1) is 0 Å². The number of aromatic nitrogens is 3.